The molecular weight excluding hydrogens is 234 g/mol. The molecular formula is C17H17NO. The van der Waals surface area contributed by atoms with Crippen LogP contribution in [0.15, 0.2) is 54.7 Å². The van der Waals surface area contributed by atoms with Crippen molar-refractivity contribution < 1.29 is 4.74 Å². The molecule has 0 aliphatic heterocycles. The van der Waals surface area contributed by atoms with Crippen molar-refractivity contribution in [3.63, 3.8) is 0 Å². The maximum Gasteiger partial charge on any atom is 0.118 e. The topological polar surface area (TPSA) is 14.2 Å². The highest BCUT2D eigenvalue weighted by Gasteiger charge is 2.05. The number of methoxy groups -OCH3 is 1. The number of para-hydroxylation sites is 1. The number of aryl methyl sites for hydroxylation is 1. The van der Waals surface area contributed by atoms with Gasteiger partial charge in [-0.3, -0.25) is 0 Å². The fraction of sp³-hybridized carbons (Fsp3) is 0.176. The van der Waals surface area contributed by atoms with E-state index >= 15 is 0 Å². The number of nitrogens with zero attached hydrogens (tertiary/aromatic N) is 1. The van der Waals surface area contributed by atoms with Gasteiger partial charge in [0, 0.05) is 23.6 Å². The molecule has 0 aliphatic rings. The van der Waals surface area contributed by atoms with E-state index in [4.69, 9.17) is 4.74 Å². The minimum Gasteiger partial charge on any atom is -0.497 e. The lowest BCUT2D eigenvalue weighted by Gasteiger charge is -2.06. The molecule has 2 aromatic carbocycles. The number of hydrogen-bond acceptors (Lipinski definition) is 1. The third-order valence-electron chi connectivity index (χ3n) is 3.50. The molecule has 0 atom stereocenters. The van der Waals surface area contributed by atoms with Gasteiger partial charge in [-0.25, -0.2) is 0 Å². The Morgan fingerprint density at radius 2 is 1.74 bits per heavy atom. The summed E-state index contributed by atoms with van der Waals surface area (Å²) < 4.78 is 7.49. The molecule has 0 aliphatic carbocycles. The lowest BCUT2D eigenvalue weighted by atomic mass is 10.2. The van der Waals surface area contributed by atoms with Crippen LogP contribution in [0.4, 0.5) is 0 Å². The molecule has 3 rings (SSSR count). The van der Waals surface area contributed by atoms with E-state index in [0.29, 0.717) is 0 Å². The molecule has 0 bridgehead atoms. The zero-order chi connectivity index (χ0) is 13.2. The van der Waals surface area contributed by atoms with Crippen molar-refractivity contribution in [1.82, 2.24) is 4.57 Å². The van der Waals surface area contributed by atoms with Gasteiger partial charge in [0.05, 0.1) is 7.11 Å². The van der Waals surface area contributed by atoms with Gasteiger partial charge in [-0.2, -0.15) is 0 Å². The number of hydrogen-bond donors (Lipinski definition) is 0. The molecule has 2 heteroatoms. The van der Waals surface area contributed by atoms with Crippen molar-refractivity contribution in [3.05, 3.63) is 65.9 Å². The summed E-state index contributed by atoms with van der Waals surface area (Å²) in [5, 5.41) is 1.33. The van der Waals surface area contributed by atoms with Gasteiger partial charge in [0.2, 0.25) is 0 Å². The Kier molecular flexibility index (Phi) is 3.00. The molecule has 0 spiro atoms. The van der Waals surface area contributed by atoms with Gasteiger partial charge in [0.1, 0.15) is 5.75 Å². The number of benzene rings is 2. The van der Waals surface area contributed by atoms with Crippen molar-refractivity contribution in [1.29, 1.82) is 0 Å². The van der Waals surface area contributed by atoms with Crippen molar-refractivity contribution in [2.45, 2.75) is 13.5 Å². The lowest BCUT2D eigenvalue weighted by molar-refractivity contribution is 0.414. The predicted octanol–water partition coefficient (Wildman–Crippen LogP) is 4.01. The average molecular weight is 251 g/mol. The molecule has 0 fully saturated rings. The number of rotatable bonds is 3. The zero-order valence-electron chi connectivity index (χ0n) is 11.3. The quantitative estimate of drug-likeness (QED) is 0.686. The molecule has 0 amide bonds. The zero-order valence-corrected chi connectivity index (χ0v) is 11.3. The number of fused-ring (bicyclic) bond motifs is 1. The summed E-state index contributed by atoms with van der Waals surface area (Å²) in [6.45, 7) is 3.05. The molecule has 0 N–H and O–H groups in total. The second-order valence-corrected chi connectivity index (χ2v) is 4.81. The van der Waals surface area contributed by atoms with Crippen LogP contribution in [0.5, 0.6) is 5.75 Å². The van der Waals surface area contributed by atoms with Gasteiger partial charge in [-0.05, 0) is 36.2 Å². The van der Waals surface area contributed by atoms with Crippen LogP contribution in [0.25, 0.3) is 10.9 Å². The molecule has 3 aromatic rings. The Morgan fingerprint density at radius 1 is 1.00 bits per heavy atom. The van der Waals surface area contributed by atoms with Crippen LogP contribution in [-0.2, 0) is 6.54 Å². The fourth-order valence-corrected chi connectivity index (χ4v) is 2.49. The lowest BCUT2D eigenvalue weighted by Crippen LogP contribution is -1.97. The van der Waals surface area contributed by atoms with Gasteiger partial charge in [0.25, 0.3) is 0 Å². The summed E-state index contributed by atoms with van der Waals surface area (Å²) in [6.07, 6.45) is 2.22. The third-order valence-corrected chi connectivity index (χ3v) is 3.50. The van der Waals surface area contributed by atoms with Crippen molar-refractivity contribution >= 4 is 10.9 Å². The third kappa shape index (κ3) is 2.22. The van der Waals surface area contributed by atoms with Crippen LogP contribution in [0, 0.1) is 6.92 Å². The predicted molar refractivity (Wildman–Crippen MR) is 78.8 cm³/mol. The van der Waals surface area contributed by atoms with Crippen molar-refractivity contribution in [2.75, 3.05) is 7.11 Å². The minimum absolute atomic E-state index is 0.887. The molecule has 1 heterocycles. The summed E-state index contributed by atoms with van der Waals surface area (Å²) >= 11 is 0. The number of ether oxygens (including phenoxy) is 1. The molecule has 1 aromatic heterocycles. The Hall–Kier alpha value is -2.22. The molecule has 2 nitrogen and oxygen atoms in total. The maximum atomic E-state index is 5.19. The first-order chi connectivity index (χ1) is 9.28. The van der Waals surface area contributed by atoms with E-state index in [-0.39, 0.29) is 0 Å². The SMILES string of the molecule is COc1ccc(Cn2cc(C)c3ccccc32)cc1. The molecule has 0 saturated carbocycles. The summed E-state index contributed by atoms with van der Waals surface area (Å²) in [5.74, 6) is 0.900. The van der Waals surface area contributed by atoms with E-state index < -0.39 is 0 Å². The van der Waals surface area contributed by atoms with Crippen LogP contribution < -0.4 is 4.74 Å². The molecule has 0 radical (unpaired) electrons. The first-order valence-electron chi connectivity index (χ1n) is 6.45. The van der Waals surface area contributed by atoms with Gasteiger partial charge in [-0.1, -0.05) is 30.3 Å². The largest absolute Gasteiger partial charge is 0.497 e. The van der Waals surface area contributed by atoms with E-state index in [9.17, 15) is 0 Å². The molecule has 19 heavy (non-hydrogen) atoms. The molecule has 0 saturated heterocycles. The Balaban J connectivity index is 1.96. The second kappa shape index (κ2) is 4.81. The van der Waals surface area contributed by atoms with Gasteiger partial charge >= 0.3 is 0 Å². The highest BCUT2D eigenvalue weighted by atomic mass is 16.5. The van der Waals surface area contributed by atoms with Gasteiger partial charge < -0.3 is 9.30 Å². The maximum absolute atomic E-state index is 5.19. The smallest absolute Gasteiger partial charge is 0.118 e. The van der Waals surface area contributed by atoms with Crippen LogP contribution in [0.2, 0.25) is 0 Å². The highest BCUT2D eigenvalue weighted by molar-refractivity contribution is 5.83. The number of aromatic nitrogens is 1. The van der Waals surface area contributed by atoms with E-state index in [1.807, 2.05) is 12.1 Å². The first kappa shape index (κ1) is 11.8. The summed E-state index contributed by atoms with van der Waals surface area (Å²) in [6, 6.07) is 16.8. The minimum atomic E-state index is 0.887. The van der Waals surface area contributed by atoms with E-state index in [1.165, 1.54) is 22.0 Å². The van der Waals surface area contributed by atoms with Crippen molar-refractivity contribution in [3.8, 4) is 5.75 Å². The fourth-order valence-electron chi connectivity index (χ4n) is 2.49. The van der Waals surface area contributed by atoms with E-state index in [2.05, 4.69) is 54.1 Å². The van der Waals surface area contributed by atoms with Crippen LogP contribution >= 0.6 is 0 Å². The Morgan fingerprint density at radius 3 is 2.47 bits per heavy atom. The monoisotopic (exact) mass is 251 g/mol. The van der Waals surface area contributed by atoms with E-state index in [1.54, 1.807) is 7.11 Å². The summed E-state index contributed by atoms with van der Waals surface area (Å²) in [7, 11) is 1.69. The van der Waals surface area contributed by atoms with Crippen LogP contribution in [0.1, 0.15) is 11.1 Å². The average Bonchev–Trinajstić information content (AvgIpc) is 2.77. The van der Waals surface area contributed by atoms with E-state index in [0.717, 1.165) is 12.3 Å². The molecule has 96 valence electrons. The second-order valence-electron chi connectivity index (χ2n) is 4.81. The Bertz CT molecular complexity index is 695. The normalized spacial score (nSPS) is 10.8. The van der Waals surface area contributed by atoms with Crippen LogP contribution in [0.3, 0.4) is 0 Å². The summed E-state index contributed by atoms with van der Waals surface area (Å²) in [4.78, 5) is 0. The standard InChI is InChI=1S/C17H17NO/c1-13-11-18(17-6-4-3-5-16(13)17)12-14-7-9-15(19-2)10-8-14/h3-11H,12H2,1-2H3. The Labute approximate surface area is 113 Å². The van der Waals surface area contributed by atoms with Gasteiger partial charge in [0.15, 0.2) is 0 Å². The molecule has 0 unspecified atom stereocenters. The van der Waals surface area contributed by atoms with Crippen molar-refractivity contribution in [2.24, 2.45) is 0 Å². The highest BCUT2D eigenvalue weighted by Crippen LogP contribution is 2.22. The summed E-state index contributed by atoms with van der Waals surface area (Å²) in [5.41, 5.74) is 3.89. The van der Waals surface area contributed by atoms with Crippen LogP contribution in [-0.4, -0.2) is 11.7 Å². The first-order valence-corrected chi connectivity index (χ1v) is 6.45. The van der Waals surface area contributed by atoms with Gasteiger partial charge in [-0.15, -0.1) is 0 Å².